The standard InChI is InChI=1S/C19H25FN4O3/c1-3-23-9-11-24(12-10-23)19-21-16(13-5-7-14(20)8-6-13)15(17(25)22-19)18(26)27-4-2/h5-8,15-16H,3-4,9-12H2,1-2H3,(H,21,22,25). The number of piperazine rings is 1. The number of amides is 1. The lowest BCUT2D eigenvalue weighted by molar-refractivity contribution is -0.153. The molecule has 1 saturated heterocycles. The molecule has 0 aromatic heterocycles. The van der Waals surface area contributed by atoms with Gasteiger partial charge in [-0.3, -0.25) is 14.9 Å². The number of carbonyl (C=O) groups is 2. The van der Waals surface area contributed by atoms with Crippen molar-refractivity contribution >= 4 is 17.8 Å². The molecular formula is C19H25FN4O3. The first-order chi connectivity index (χ1) is 13.0. The van der Waals surface area contributed by atoms with Crippen molar-refractivity contribution in [3.63, 3.8) is 0 Å². The molecule has 1 aromatic carbocycles. The molecule has 3 rings (SSSR count). The maximum atomic E-state index is 13.3. The normalized spacial score (nSPS) is 23.6. The third-order valence-electron chi connectivity index (χ3n) is 4.97. The smallest absolute Gasteiger partial charge is 0.321 e. The summed E-state index contributed by atoms with van der Waals surface area (Å²) >= 11 is 0. The number of nitrogens with one attached hydrogen (secondary N) is 1. The van der Waals surface area contributed by atoms with Crippen molar-refractivity contribution < 1.29 is 18.7 Å². The SMILES string of the molecule is CCOC(=O)C1C(=O)NC(N2CCN(CC)CC2)=NC1c1ccc(F)cc1. The highest BCUT2D eigenvalue weighted by Crippen LogP contribution is 2.31. The Balaban J connectivity index is 1.90. The van der Waals surface area contributed by atoms with E-state index in [0.29, 0.717) is 11.5 Å². The fourth-order valence-electron chi connectivity index (χ4n) is 3.40. The van der Waals surface area contributed by atoms with Gasteiger partial charge in [-0.25, -0.2) is 9.38 Å². The van der Waals surface area contributed by atoms with Gasteiger partial charge in [0, 0.05) is 26.2 Å². The van der Waals surface area contributed by atoms with E-state index in [1.54, 1.807) is 19.1 Å². The number of hydrogen-bond acceptors (Lipinski definition) is 6. The number of hydrogen-bond donors (Lipinski definition) is 1. The molecule has 2 atom stereocenters. The van der Waals surface area contributed by atoms with Crippen molar-refractivity contribution in [3.05, 3.63) is 35.6 Å². The molecule has 1 fully saturated rings. The van der Waals surface area contributed by atoms with Crippen molar-refractivity contribution in [2.75, 3.05) is 39.3 Å². The Hall–Kier alpha value is -2.48. The van der Waals surface area contributed by atoms with Crippen molar-refractivity contribution in [3.8, 4) is 0 Å². The number of carbonyl (C=O) groups excluding carboxylic acids is 2. The molecule has 2 unspecified atom stereocenters. The average Bonchev–Trinajstić information content (AvgIpc) is 2.68. The first-order valence-corrected chi connectivity index (χ1v) is 9.31. The summed E-state index contributed by atoms with van der Waals surface area (Å²) < 4.78 is 18.4. The minimum atomic E-state index is -1.09. The minimum Gasteiger partial charge on any atom is -0.465 e. The van der Waals surface area contributed by atoms with Crippen LogP contribution in [0.1, 0.15) is 25.5 Å². The highest BCUT2D eigenvalue weighted by molar-refractivity contribution is 6.08. The number of rotatable bonds is 4. The lowest BCUT2D eigenvalue weighted by atomic mass is 9.91. The number of benzene rings is 1. The third-order valence-corrected chi connectivity index (χ3v) is 4.97. The Morgan fingerprint density at radius 1 is 1.22 bits per heavy atom. The van der Waals surface area contributed by atoms with E-state index < -0.39 is 23.8 Å². The predicted molar refractivity (Wildman–Crippen MR) is 98.5 cm³/mol. The zero-order valence-electron chi connectivity index (χ0n) is 15.7. The maximum absolute atomic E-state index is 13.3. The van der Waals surface area contributed by atoms with E-state index >= 15 is 0 Å². The first-order valence-electron chi connectivity index (χ1n) is 9.31. The van der Waals surface area contributed by atoms with Crippen LogP contribution in [0.25, 0.3) is 0 Å². The van der Waals surface area contributed by atoms with Crippen molar-refractivity contribution in [2.24, 2.45) is 10.9 Å². The summed E-state index contributed by atoms with van der Waals surface area (Å²) in [7, 11) is 0. The van der Waals surface area contributed by atoms with E-state index in [-0.39, 0.29) is 12.4 Å². The molecule has 0 saturated carbocycles. The van der Waals surface area contributed by atoms with Gasteiger partial charge in [-0.05, 0) is 31.2 Å². The summed E-state index contributed by atoms with van der Waals surface area (Å²) in [6.07, 6.45) is 0. The molecule has 0 spiro atoms. The Labute approximate surface area is 158 Å². The Kier molecular flexibility index (Phi) is 6.05. The van der Waals surface area contributed by atoms with Crippen LogP contribution in [-0.2, 0) is 14.3 Å². The zero-order valence-corrected chi connectivity index (χ0v) is 15.7. The Morgan fingerprint density at radius 3 is 2.48 bits per heavy atom. The molecule has 1 amide bonds. The highest BCUT2D eigenvalue weighted by Gasteiger charge is 2.42. The van der Waals surface area contributed by atoms with E-state index in [1.165, 1.54) is 12.1 Å². The van der Waals surface area contributed by atoms with E-state index in [9.17, 15) is 14.0 Å². The number of aliphatic imine (C=N–C) groups is 1. The van der Waals surface area contributed by atoms with Crippen LogP contribution >= 0.6 is 0 Å². The largest absolute Gasteiger partial charge is 0.465 e. The summed E-state index contributed by atoms with van der Waals surface area (Å²) in [5.74, 6) is -2.07. The van der Waals surface area contributed by atoms with E-state index in [4.69, 9.17) is 4.74 Å². The number of ether oxygens (including phenoxy) is 1. The van der Waals surface area contributed by atoms with Gasteiger partial charge >= 0.3 is 5.97 Å². The van der Waals surface area contributed by atoms with Crippen molar-refractivity contribution in [2.45, 2.75) is 19.9 Å². The zero-order chi connectivity index (χ0) is 19.4. The first kappa shape index (κ1) is 19.3. The van der Waals surface area contributed by atoms with Gasteiger partial charge in [-0.15, -0.1) is 0 Å². The molecule has 7 nitrogen and oxygen atoms in total. The van der Waals surface area contributed by atoms with Crippen molar-refractivity contribution in [1.82, 2.24) is 15.1 Å². The summed E-state index contributed by atoms with van der Waals surface area (Å²) in [6, 6.07) is 4.98. The topological polar surface area (TPSA) is 74.2 Å². The molecule has 146 valence electrons. The fraction of sp³-hybridized carbons (Fsp3) is 0.526. The molecular weight excluding hydrogens is 351 g/mol. The quantitative estimate of drug-likeness (QED) is 0.631. The summed E-state index contributed by atoms with van der Waals surface area (Å²) in [5.41, 5.74) is 0.606. The van der Waals surface area contributed by atoms with Crippen LogP contribution in [0.5, 0.6) is 0 Å². The van der Waals surface area contributed by atoms with Crippen LogP contribution in [-0.4, -0.2) is 67.0 Å². The Bertz CT molecular complexity index is 714. The molecule has 2 aliphatic heterocycles. The second-order valence-electron chi connectivity index (χ2n) is 6.59. The van der Waals surface area contributed by atoms with Crippen LogP contribution in [0.4, 0.5) is 4.39 Å². The van der Waals surface area contributed by atoms with E-state index in [0.717, 1.165) is 32.7 Å². The van der Waals surface area contributed by atoms with Crippen LogP contribution in [0.15, 0.2) is 29.3 Å². The lowest BCUT2D eigenvalue weighted by Crippen LogP contribution is -2.57. The van der Waals surface area contributed by atoms with Crippen LogP contribution < -0.4 is 5.32 Å². The summed E-state index contributed by atoms with van der Waals surface area (Å²) in [5, 5.41) is 2.76. The number of esters is 1. The number of guanidine groups is 1. The van der Waals surface area contributed by atoms with Gasteiger partial charge in [0.2, 0.25) is 11.9 Å². The second-order valence-corrected chi connectivity index (χ2v) is 6.59. The second kappa shape index (κ2) is 8.47. The number of halogens is 1. The lowest BCUT2D eigenvalue weighted by Gasteiger charge is -2.38. The van der Waals surface area contributed by atoms with Crippen LogP contribution in [0, 0.1) is 11.7 Å². The number of nitrogens with zero attached hydrogens (tertiary/aromatic N) is 3. The van der Waals surface area contributed by atoms with E-state index in [2.05, 4.69) is 22.1 Å². The van der Waals surface area contributed by atoms with E-state index in [1.807, 2.05) is 4.90 Å². The predicted octanol–water partition coefficient (Wildman–Crippen LogP) is 1.17. The number of likely N-dealkylation sites (N-methyl/N-ethyl adjacent to an activating group) is 1. The molecule has 2 heterocycles. The van der Waals surface area contributed by atoms with Gasteiger partial charge in [0.1, 0.15) is 11.9 Å². The maximum Gasteiger partial charge on any atom is 0.321 e. The Morgan fingerprint density at radius 2 is 1.89 bits per heavy atom. The molecule has 8 heteroatoms. The molecule has 1 aromatic rings. The van der Waals surface area contributed by atoms with Gasteiger partial charge in [0.05, 0.1) is 6.61 Å². The van der Waals surface area contributed by atoms with Gasteiger partial charge in [0.15, 0.2) is 5.92 Å². The van der Waals surface area contributed by atoms with Crippen LogP contribution in [0.3, 0.4) is 0 Å². The van der Waals surface area contributed by atoms with Gasteiger partial charge in [-0.1, -0.05) is 19.1 Å². The van der Waals surface area contributed by atoms with Gasteiger partial charge in [0.25, 0.3) is 0 Å². The monoisotopic (exact) mass is 376 g/mol. The average molecular weight is 376 g/mol. The highest BCUT2D eigenvalue weighted by atomic mass is 19.1. The third kappa shape index (κ3) is 4.27. The van der Waals surface area contributed by atoms with Gasteiger partial charge < -0.3 is 14.5 Å². The molecule has 0 radical (unpaired) electrons. The fourth-order valence-corrected chi connectivity index (χ4v) is 3.40. The molecule has 2 aliphatic rings. The minimum absolute atomic E-state index is 0.175. The summed E-state index contributed by atoms with van der Waals surface area (Å²) in [6.45, 7) is 8.21. The van der Waals surface area contributed by atoms with Crippen molar-refractivity contribution in [1.29, 1.82) is 0 Å². The van der Waals surface area contributed by atoms with Crippen LogP contribution in [0.2, 0.25) is 0 Å². The molecule has 0 bridgehead atoms. The van der Waals surface area contributed by atoms with Gasteiger partial charge in [-0.2, -0.15) is 0 Å². The summed E-state index contributed by atoms with van der Waals surface area (Å²) in [4.78, 5) is 34.1. The molecule has 1 N–H and O–H groups in total. The molecule has 27 heavy (non-hydrogen) atoms. The molecule has 0 aliphatic carbocycles.